The van der Waals surface area contributed by atoms with Crippen LogP contribution in [0.4, 0.5) is 0 Å². The van der Waals surface area contributed by atoms with E-state index in [1.54, 1.807) is 11.1 Å². The highest BCUT2D eigenvalue weighted by Gasteiger charge is 2.39. The van der Waals surface area contributed by atoms with Crippen LogP contribution in [0.3, 0.4) is 0 Å². The summed E-state index contributed by atoms with van der Waals surface area (Å²) in [6.45, 7) is 12.9. The first kappa shape index (κ1) is 16.5. The quantitative estimate of drug-likeness (QED) is 0.606. The minimum absolute atomic E-state index is 0.306. The van der Waals surface area contributed by atoms with Crippen LogP contribution in [-0.4, -0.2) is 25.5 Å². The third kappa shape index (κ3) is 3.72. The van der Waals surface area contributed by atoms with Gasteiger partial charge >= 0.3 is 0 Å². The van der Waals surface area contributed by atoms with Gasteiger partial charge in [-0.1, -0.05) is 55.9 Å². The van der Waals surface area contributed by atoms with Gasteiger partial charge in [0.2, 0.25) is 0 Å². The first-order valence-electron chi connectivity index (χ1n) is 7.83. The predicted molar refractivity (Wildman–Crippen MR) is 86.4 cm³/mol. The van der Waals surface area contributed by atoms with Crippen LogP contribution in [0.5, 0.6) is 0 Å². The molecule has 110 valence electrons. The van der Waals surface area contributed by atoms with Crippen LogP contribution in [0.1, 0.15) is 60.3 Å². The van der Waals surface area contributed by atoms with E-state index in [1.165, 1.54) is 31.3 Å². The number of hydrogen-bond acceptors (Lipinski definition) is 1. The summed E-state index contributed by atoms with van der Waals surface area (Å²) in [7, 11) is 4.40. The fourth-order valence-corrected chi connectivity index (χ4v) is 3.80. The molecule has 0 saturated carbocycles. The smallest absolute Gasteiger partial charge is 0.00790 e. The molecule has 0 radical (unpaired) electrons. The minimum Gasteiger partial charge on any atom is -0.309 e. The molecule has 0 fully saturated rings. The van der Waals surface area contributed by atoms with E-state index in [0.717, 1.165) is 6.54 Å². The van der Waals surface area contributed by atoms with Gasteiger partial charge in [-0.25, -0.2) is 0 Å². The molecule has 0 aromatic rings. The third-order valence-electron chi connectivity index (χ3n) is 4.95. The average molecular weight is 263 g/mol. The molecule has 0 amide bonds. The van der Waals surface area contributed by atoms with Crippen molar-refractivity contribution >= 4 is 0 Å². The molecule has 0 aromatic heterocycles. The van der Waals surface area contributed by atoms with Gasteiger partial charge in [0.05, 0.1) is 0 Å². The summed E-state index contributed by atoms with van der Waals surface area (Å²) < 4.78 is 0. The molecule has 1 aliphatic rings. The lowest BCUT2D eigenvalue weighted by Gasteiger charge is -2.45. The number of nitrogens with zero attached hydrogens (tertiary/aromatic N) is 1. The van der Waals surface area contributed by atoms with Gasteiger partial charge in [-0.2, -0.15) is 0 Å². The predicted octanol–water partition coefficient (Wildman–Crippen LogP) is 5.05. The molecular formula is C18H33N. The zero-order valence-corrected chi connectivity index (χ0v) is 14.1. The van der Waals surface area contributed by atoms with E-state index >= 15 is 0 Å². The third-order valence-corrected chi connectivity index (χ3v) is 4.95. The van der Waals surface area contributed by atoms with E-state index in [0.29, 0.717) is 11.3 Å². The van der Waals surface area contributed by atoms with E-state index in [9.17, 15) is 0 Å². The lowest BCUT2D eigenvalue weighted by atomic mass is 9.63. The molecule has 19 heavy (non-hydrogen) atoms. The van der Waals surface area contributed by atoms with Gasteiger partial charge in [-0.05, 0) is 47.2 Å². The molecule has 0 unspecified atom stereocenters. The molecule has 0 spiro atoms. The Morgan fingerprint density at radius 2 is 1.79 bits per heavy atom. The van der Waals surface area contributed by atoms with Crippen molar-refractivity contribution in [3.63, 3.8) is 0 Å². The van der Waals surface area contributed by atoms with Crippen LogP contribution in [0, 0.1) is 11.3 Å². The van der Waals surface area contributed by atoms with Crippen LogP contribution < -0.4 is 0 Å². The number of unbranched alkanes of at least 4 members (excludes halogenated alkanes) is 2. The van der Waals surface area contributed by atoms with E-state index in [-0.39, 0.29) is 0 Å². The Bertz CT molecular complexity index is 362. The van der Waals surface area contributed by atoms with Crippen molar-refractivity contribution in [2.24, 2.45) is 11.3 Å². The summed E-state index contributed by atoms with van der Waals surface area (Å²) >= 11 is 0. The van der Waals surface area contributed by atoms with Crippen molar-refractivity contribution in [1.82, 2.24) is 4.90 Å². The van der Waals surface area contributed by atoms with Gasteiger partial charge in [0.25, 0.3) is 0 Å². The summed E-state index contributed by atoms with van der Waals surface area (Å²) in [4.78, 5) is 2.35. The van der Waals surface area contributed by atoms with Gasteiger partial charge in [-0.15, -0.1) is 0 Å². The van der Waals surface area contributed by atoms with Gasteiger partial charge in [0, 0.05) is 12.0 Å². The Hall–Kier alpha value is -0.560. The zero-order chi connectivity index (χ0) is 14.6. The molecule has 0 heterocycles. The highest BCUT2D eigenvalue weighted by Crippen LogP contribution is 2.47. The average Bonchev–Trinajstić information content (AvgIpc) is 2.30. The highest BCUT2D eigenvalue weighted by atomic mass is 15.1. The standard InChI is InChI=1S/C18H33N/c1-8-9-10-11-17-15(3)12-14(2)16(4)18(17,5)13-19(6)7/h12,17H,8-11,13H2,1-7H3/t17-,18-/m0/s1. The fraction of sp³-hybridized carbons (Fsp3) is 0.778. The Morgan fingerprint density at radius 1 is 1.16 bits per heavy atom. The van der Waals surface area contributed by atoms with E-state index in [1.807, 2.05) is 0 Å². The maximum atomic E-state index is 2.47. The van der Waals surface area contributed by atoms with Crippen molar-refractivity contribution in [3.8, 4) is 0 Å². The summed E-state index contributed by atoms with van der Waals surface area (Å²) in [5.74, 6) is 0.713. The lowest BCUT2D eigenvalue weighted by molar-refractivity contribution is 0.178. The normalized spacial score (nSPS) is 28.0. The van der Waals surface area contributed by atoms with E-state index in [4.69, 9.17) is 0 Å². The van der Waals surface area contributed by atoms with Gasteiger partial charge in [0.1, 0.15) is 0 Å². The molecule has 0 aliphatic heterocycles. The molecule has 1 rings (SSSR count). The minimum atomic E-state index is 0.306. The van der Waals surface area contributed by atoms with Crippen LogP contribution in [0.2, 0.25) is 0 Å². The maximum absolute atomic E-state index is 2.47. The van der Waals surface area contributed by atoms with Gasteiger partial charge in [-0.3, -0.25) is 0 Å². The first-order chi connectivity index (χ1) is 8.82. The maximum Gasteiger partial charge on any atom is 0.00790 e. The molecule has 0 saturated heterocycles. The highest BCUT2D eigenvalue weighted by molar-refractivity contribution is 5.38. The van der Waals surface area contributed by atoms with Gasteiger partial charge < -0.3 is 4.90 Å². The number of rotatable bonds is 6. The second-order valence-corrected chi connectivity index (χ2v) is 6.90. The molecule has 1 nitrogen and oxygen atoms in total. The molecule has 1 heteroatoms. The Morgan fingerprint density at radius 3 is 2.32 bits per heavy atom. The van der Waals surface area contributed by atoms with Crippen LogP contribution in [0.25, 0.3) is 0 Å². The molecule has 2 atom stereocenters. The van der Waals surface area contributed by atoms with Crippen LogP contribution >= 0.6 is 0 Å². The molecule has 0 N–H and O–H groups in total. The van der Waals surface area contributed by atoms with Crippen molar-refractivity contribution in [2.45, 2.75) is 60.3 Å². The Kier molecular flexibility index (Phi) is 5.85. The van der Waals surface area contributed by atoms with Crippen LogP contribution in [-0.2, 0) is 0 Å². The van der Waals surface area contributed by atoms with E-state index in [2.05, 4.69) is 59.7 Å². The van der Waals surface area contributed by atoms with Crippen molar-refractivity contribution in [1.29, 1.82) is 0 Å². The largest absolute Gasteiger partial charge is 0.309 e. The second-order valence-electron chi connectivity index (χ2n) is 6.90. The summed E-state index contributed by atoms with van der Waals surface area (Å²) in [6.07, 6.45) is 7.80. The van der Waals surface area contributed by atoms with E-state index < -0.39 is 0 Å². The van der Waals surface area contributed by atoms with Gasteiger partial charge in [0.15, 0.2) is 0 Å². The summed E-state index contributed by atoms with van der Waals surface area (Å²) in [6, 6.07) is 0. The SMILES string of the molecule is CCCCC[C@H]1C(C)=CC(C)=C(C)[C@]1(C)CN(C)C. The molecule has 1 aliphatic carbocycles. The molecular weight excluding hydrogens is 230 g/mol. The van der Waals surface area contributed by atoms with Crippen molar-refractivity contribution in [2.75, 3.05) is 20.6 Å². The number of allylic oxidation sites excluding steroid dienone is 3. The summed E-state index contributed by atoms with van der Waals surface area (Å²) in [5.41, 5.74) is 4.96. The first-order valence-corrected chi connectivity index (χ1v) is 7.83. The fourth-order valence-electron chi connectivity index (χ4n) is 3.80. The lowest BCUT2D eigenvalue weighted by Crippen LogP contribution is -2.41. The topological polar surface area (TPSA) is 3.24 Å². The van der Waals surface area contributed by atoms with Crippen molar-refractivity contribution in [3.05, 3.63) is 22.8 Å². The molecule has 0 aromatic carbocycles. The Labute approximate surface area is 120 Å². The summed E-state index contributed by atoms with van der Waals surface area (Å²) in [5, 5.41) is 0. The zero-order valence-electron chi connectivity index (χ0n) is 14.1. The van der Waals surface area contributed by atoms with Crippen molar-refractivity contribution < 1.29 is 0 Å². The van der Waals surface area contributed by atoms with Crippen LogP contribution in [0.15, 0.2) is 22.8 Å². The number of hydrogen-bond donors (Lipinski definition) is 0. The Balaban J connectivity index is 3.00. The monoisotopic (exact) mass is 263 g/mol. The second kappa shape index (κ2) is 6.74. The molecule has 0 bridgehead atoms.